The van der Waals surface area contributed by atoms with Gasteiger partial charge in [-0.1, -0.05) is 12.1 Å². The maximum atomic E-state index is 6.03. The Morgan fingerprint density at radius 3 is 2.75 bits per heavy atom. The van der Waals surface area contributed by atoms with Gasteiger partial charge in [-0.3, -0.25) is 5.32 Å². The summed E-state index contributed by atoms with van der Waals surface area (Å²) in [6.45, 7) is 2.79. The van der Waals surface area contributed by atoms with Gasteiger partial charge in [-0.2, -0.15) is 0 Å². The van der Waals surface area contributed by atoms with Gasteiger partial charge in [-0.05, 0) is 43.8 Å². The van der Waals surface area contributed by atoms with E-state index in [0.717, 1.165) is 44.0 Å². The zero-order chi connectivity index (χ0) is 16.8. The average Bonchev–Trinajstić information content (AvgIpc) is 3.21. The van der Waals surface area contributed by atoms with Crippen LogP contribution >= 0.6 is 0 Å². The lowest BCUT2D eigenvalue weighted by Crippen LogP contribution is -2.53. The first-order valence-corrected chi connectivity index (χ1v) is 8.65. The predicted molar refractivity (Wildman–Crippen MR) is 92.7 cm³/mol. The number of methoxy groups -OCH3 is 2. The summed E-state index contributed by atoms with van der Waals surface area (Å²) < 4.78 is 17.0. The second kappa shape index (κ2) is 5.76. The van der Waals surface area contributed by atoms with E-state index in [2.05, 4.69) is 41.5 Å². The van der Waals surface area contributed by atoms with Crippen molar-refractivity contribution in [1.29, 1.82) is 0 Å². The fourth-order valence-corrected chi connectivity index (χ4v) is 4.59. The Labute approximate surface area is 143 Å². The van der Waals surface area contributed by atoms with Crippen LogP contribution in [0, 0.1) is 0 Å². The van der Waals surface area contributed by atoms with Crippen LogP contribution in [-0.4, -0.2) is 57.6 Å². The lowest BCUT2D eigenvalue weighted by molar-refractivity contribution is -0.00425. The number of fused-ring (bicyclic) bond motifs is 1. The van der Waals surface area contributed by atoms with Gasteiger partial charge in [0, 0.05) is 24.4 Å². The smallest absolute Gasteiger partial charge is 0.161 e. The first-order valence-electron chi connectivity index (χ1n) is 8.65. The Bertz CT molecular complexity index is 654. The first kappa shape index (κ1) is 15.9. The van der Waals surface area contributed by atoms with Gasteiger partial charge in [0.1, 0.15) is 5.72 Å². The number of ether oxygens (including phenoxy) is 3. The minimum absolute atomic E-state index is 0.00712. The number of hydrogen-bond donors (Lipinski definition) is 1. The highest BCUT2D eigenvalue weighted by atomic mass is 16.5. The Balaban J connectivity index is 1.77. The largest absolute Gasteiger partial charge is 0.493 e. The normalized spacial score (nSPS) is 35.4. The molecule has 3 aliphatic rings. The molecule has 1 aromatic rings. The molecule has 0 amide bonds. The number of rotatable bonds is 3. The lowest BCUT2D eigenvalue weighted by Gasteiger charge is -2.44. The zero-order valence-electron chi connectivity index (χ0n) is 14.7. The molecule has 24 heavy (non-hydrogen) atoms. The van der Waals surface area contributed by atoms with Gasteiger partial charge in [0.2, 0.25) is 0 Å². The molecule has 2 fully saturated rings. The van der Waals surface area contributed by atoms with Crippen LogP contribution in [0.5, 0.6) is 11.5 Å². The Kier molecular flexibility index (Phi) is 3.82. The molecular formula is C19H26N2O3. The third-order valence-electron chi connectivity index (χ3n) is 5.96. The highest BCUT2D eigenvalue weighted by Crippen LogP contribution is 2.49. The van der Waals surface area contributed by atoms with Gasteiger partial charge in [0.05, 0.1) is 20.8 Å². The fraction of sp³-hybridized carbons (Fsp3) is 0.579. The summed E-state index contributed by atoms with van der Waals surface area (Å²) in [6.07, 6.45) is 6.68. The molecule has 5 heteroatoms. The maximum absolute atomic E-state index is 6.03. The van der Waals surface area contributed by atoms with E-state index in [-0.39, 0.29) is 11.1 Å². The van der Waals surface area contributed by atoms with Crippen molar-refractivity contribution in [2.75, 3.05) is 41.0 Å². The Morgan fingerprint density at radius 2 is 2.04 bits per heavy atom. The van der Waals surface area contributed by atoms with E-state index in [1.54, 1.807) is 14.2 Å². The van der Waals surface area contributed by atoms with Crippen molar-refractivity contribution in [1.82, 2.24) is 10.2 Å². The number of nitrogens with one attached hydrogen (secondary N) is 1. The molecule has 130 valence electrons. The van der Waals surface area contributed by atoms with Crippen molar-refractivity contribution in [3.8, 4) is 11.5 Å². The molecule has 0 radical (unpaired) electrons. The van der Waals surface area contributed by atoms with Crippen LogP contribution in [0.25, 0.3) is 0 Å². The molecule has 0 bridgehead atoms. The van der Waals surface area contributed by atoms with Crippen LogP contribution in [-0.2, 0) is 10.2 Å². The van der Waals surface area contributed by atoms with Crippen LogP contribution in [0.15, 0.2) is 30.4 Å². The summed E-state index contributed by atoms with van der Waals surface area (Å²) in [5.74, 6) is 1.57. The minimum Gasteiger partial charge on any atom is -0.493 e. The van der Waals surface area contributed by atoms with E-state index in [4.69, 9.17) is 14.2 Å². The number of nitrogens with zero attached hydrogens (tertiary/aromatic N) is 1. The third-order valence-corrected chi connectivity index (χ3v) is 5.96. The van der Waals surface area contributed by atoms with Crippen molar-refractivity contribution >= 4 is 0 Å². The molecule has 4 rings (SSSR count). The van der Waals surface area contributed by atoms with Crippen molar-refractivity contribution in [2.24, 2.45) is 0 Å². The summed E-state index contributed by atoms with van der Waals surface area (Å²) in [7, 11) is 5.59. The first-order chi connectivity index (χ1) is 11.6. The molecule has 2 saturated heterocycles. The molecular weight excluding hydrogens is 304 g/mol. The summed E-state index contributed by atoms with van der Waals surface area (Å²) in [5, 5.41) is 3.53. The summed E-state index contributed by atoms with van der Waals surface area (Å²) >= 11 is 0. The molecule has 0 saturated carbocycles. The summed E-state index contributed by atoms with van der Waals surface area (Å²) in [6, 6.07) is 6.74. The Hall–Kier alpha value is -1.56. The highest BCUT2D eigenvalue weighted by molar-refractivity contribution is 5.49. The van der Waals surface area contributed by atoms with Gasteiger partial charge >= 0.3 is 0 Å². The average molecular weight is 330 g/mol. The molecule has 1 N–H and O–H groups in total. The van der Waals surface area contributed by atoms with Crippen LogP contribution in [0.3, 0.4) is 0 Å². The van der Waals surface area contributed by atoms with Crippen molar-refractivity contribution in [3.05, 3.63) is 35.9 Å². The van der Waals surface area contributed by atoms with Crippen LogP contribution in [0.1, 0.15) is 18.4 Å². The molecule has 1 spiro atoms. The number of likely N-dealkylation sites (N-methyl/N-ethyl adjacent to an activating group) is 1. The molecule has 5 nitrogen and oxygen atoms in total. The molecule has 3 atom stereocenters. The van der Waals surface area contributed by atoms with E-state index >= 15 is 0 Å². The number of likely N-dealkylation sites (tertiary alicyclic amines) is 1. The molecule has 2 heterocycles. The van der Waals surface area contributed by atoms with Gasteiger partial charge in [0.15, 0.2) is 11.5 Å². The van der Waals surface area contributed by atoms with E-state index in [1.807, 2.05) is 6.07 Å². The Morgan fingerprint density at radius 1 is 1.21 bits per heavy atom. The predicted octanol–water partition coefficient (Wildman–Crippen LogP) is 1.92. The second-order valence-electron chi connectivity index (χ2n) is 7.06. The third kappa shape index (κ3) is 2.26. The molecule has 1 aromatic carbocycles. The van der Waals surface area contributed by atoms with E-state index in [9.17, 15) is 0 Å². The molecule has 1 aliphatic carbocycles. The molecule has 3 unspecified atom stereocenters. The summed E-state index contributed by atoms with van der Waals surface area (Å²) in [4.78, 5) is 2.46. The second-order valence-corrected chi connectivity index (χ2v) is 7.06. The van der Waals surface area contributed by atoms with E-state index in [0.29, 0.717) is 6.04 Å². The van der Waals surface area contributed by atoms with Crippen LogP contribution in [0.2, 0.25) is 0 Å². The zero-order valence-corrected chi connectivity index (χ0v) is 14.7. The van der Waals surface area contributed by atoms with Gasteiger partial charge < -0.3 is 19.1 Å². The quantitative estimate of drug-likeness (QED) is 0.858. The van der Waals surface area contributed by atoms with E-state index in [1.165, 1.54) is 5.56 Å². The van der Waals surface area contributed by atoms with E-state index < -0.39 is 0 Å². The number of hydrogen-bond acceptors (Lipinski definition) is 5. The number of benzene rings is 1. The fourth-order valence-electron chi connectivity index (χ4n) is 4.59. The van der Waals surface area contributed by atoms with Crippen LogP contribution in [0.4, 0.5) is 0 Å². The van der Waals surface area contributed by atoms with Gasteiger partial charge in [-0.15, -0.1) is 0 Å². The monoisotopic (exact) mass is 330 g/mol. The SMILES string of the molecule is COc1ccc(C23C=CC4(CC2N(C)CC3)NCCO4)cc1OC. The van der Waals surface area contributed by atoms with Crippen molar-refractivity contribution in [2.45, 2.75) is 30.0 Å². The topological polar surface area (TPSA) is 43.0 Å². The maximum Gasteiger partial charge on any atom is 0.161 e. The summed E-state index contributed by atoms with van der Waals surface area (Å²) in [5.41, 5.74) is 1.01. The standard InChI is InChI=1S/C19H26N2O3/c1-21-10-8-18(14-4-5-15(22-2)16(12-14)23-3)6-7-19(13-17(18)21)20-9-11-24-19/h4-7,12,17,20H,8-11,13H2,1-3H3. The van der Waals surface area contributed by atoms with Crippen molar-refractivity contribution in [3.63, 3.8) is 0 Å². The van der Waals surface area contributed by atoms with Gasteiger partial charge in [0.25, 0.3) is 0 Å². The van der Waals surface area contributed by atoms with Crippen LogP contribution < -0.4 is 14.8 Å². The molecule has 2 aliphatic heterocycles. The molecule has 0 aromatic heterocycles. The van der Waals surface area contributed by atoms with Gasteiger partial charge in [-0.25, -0.2) is 0 Å². The highest BCUT2D eigenvalue weighted by Gasteiger charge is 2.53. The minimum atomic E-state index is -0.288. The lowest BCUT2D eigenvalue weighted by atomic mass is 9.68. The van der Waals surface area contributed by atoms with Crippen molar-refractivity contribution < 1.29 is 14.2 Å².